The fourth-order valence-corrected chi connectivity index (χ4v) is 6.42. The first kappa shape index (κ1) is 23.8. The molecule has 2 aromatic heterocycles. The second kappa shape index (κ2) is 9.71. The first-order valence-electron chi connectivity index (χ1n) is 10.4. The predicted octanol–water partition coefficient (Wildman–Crippen LogP) is 2.10. The van der Waals surface area contributed by atoms with E-state index in [0.29, 0.717) is 0 Å². The van der Waals surface area contributed by atoms with E-state index in [1.165, 1.54) is 42.8 Å². The van der Waals surface area contributed by atoms with E-state index in [2.05, 4.69) is 33.0 Å². The molecular formula is C23H30IN3OS2. The highest BCUT2D eigenvalue weighted by Crippen LogP contribution is 2.30. The quantitative estimate of drug-likeness (QED) is 0.210. The van der Waals surface area contributed by atoms with Crippen molar-refractivity contribution in [3.63, 3.8) is 0 Å². The number of fused-ring (bicyclic) bond motifs is 1. The van der Waals surface area contributed by atoms with Gasteiger partial charge in [0.15, 0.2) is 5.16 Å². The van der Waals surface area contributed by atoms with Crippen molar-refractivity contribution in [1.29, 1.82) is 0 Å². The van der Waals surface area contributed by atoms with Crippen LogP contribution in [0.25, 0.3) is 15.9 Å². The van der Waals surface area contributed by atoms with Gasteiger partial charge >= 0.3 is 0 Å². The molecule has 4 nitrogen and oxygen atoms in total. The second-order valence-electron chi connectivity index (χ2n) is 8.53. The van der Waals surface area contributed by atoms with Gasteiger partial charge in [0.1, 0.15) is 4.83 Å². The molecule has 7 heteroatoms. The van der Waals surface area contributed by atoms with Crippen LogP contribution in [0, 0.1) is 20.8 Å². The van der Waals surface area contributed by atoms with E-state index < -0.39 is 0 Å². The average Bonchev–Trinajstić information content (AvgIpc) is 2.97. The third-order valence-corrected chi connectivity index (χ3v) is 8.24. The number of hydrogen-bond donors (Lipinski definition) is 0. The van der Waals surface area contributed by atoms with Crippen molar-refractivity contribution >= 4 is 33.3 Å². The maximum atomic E-state index is 13.5. The molecule has 0 spiro atoms. The molecule has 4 rings (SSSR count). The number of likely N-dealkylation sites (tertiary alicyclic amines) is 1. The number of aryl methyl sites for hydroxylation is 3. The summed E-state index contributed by atoms with van der Waals surface area (Å²) in [4.78, 5) is 20.5. The summed E-state index contributed by atoms with van der Waals surface area (Å²) in [5.41, 5.74) is 3.21. The molecule has 1 aliphatic rings. The number of aromatic nitrogens is 2. The van der Waals surface area contributed by atoms with Crippen molar-refractivity contribution in [3.8, 4) is 5.69 Å². The first-order valence-corrected chi connectivity index (χ1v) is 12.2. The summed E-state index contributed by atoms with van der Waals surface area (Å²) in [6.07, 6.45) is 4.02. The Morgan fingerprint density at radius 3 is 2.43 bits per heavy atom. The standard InChI is InChI=1S/C23H30N3OS2.HI/c1-16-8-10-19(11-9-16)25-22(27)20-17(2)18(3)29-21(20)24-23(25)28-15-14-26(4)12-6-5-7-13-26;/h8-11H,5-7,12-15H2,1-4H3;1H/q+1;/p-1. The van der Waals surface area contributed by atoms with E-state index in [0.717, 1.165) is 43.4 Å². The first-order chi connectivity index (χ1) is 13.9. The van der Waals surface area contributed by atoms with Crippen LogP contribution in [0.15, 0.2) is 34.2 Å². The van der Waals surface area contributed by atoms with Crippen LogP contribution in [0.3, 0.4) is 0 Å². The second-order valence-corrected chi connectivity index (χ2v) is 10.8. The summed E-state index contributed by atoms with van der Waals surface area (Å²) in [5.74, 6) is 0.976. The van der Waals surface area contributed by atoms with E-state index >= 15 is 0 Å². The Hall–Kier alpha value is -0.900. The molecule has 1 fully saturated rings. The molecule has 0 aliphatic carbocycles. The van der Waals surface area contributed by atoms with Gasteiger partial charge in [-0.1, -0.05) is 29.5 Å². The van der Waals surface area contributed by atoms with Crippen molar-refractivity contribution in [2.24, 2.45) is 0 Å². The van der Waals surface area contributed by atoms with Crippen LogP contribution in [-0.2, 0) is 0 Å². The smallest absolute Gasteiger partial charge is 0.267 e. The maximum Gasteiger partial charge on any atom is 0.267 e. The molecule has 162 valence electrons. The highest BCUT2D eigenvalue weighted by molar-refractivity contribution is 7.99. The number of quaternary nitrogens is 1. The minimum atomic E-state index is 0. The predicted molar refractivity (Wildman–Crippen MR) is 125 cm³/mol. The highest BCUT2D eigenvalue weighted by atomic mass is 127. The van der Waals surface area contributed by atoms with Gasteiger partial charge in [-0.3, -0.25) is 9.36 Å². The Balaban J connectivity index is 0.00000256. The van der Waals surface area contributed by atoms with Gasteiger partial charge in [0.2, 0.25) is 0 Å². The summed E-state index contributed by atoms with van der Waals surface area (Å²) in [6, 6.07) is 8.18. The van der Waals surface area contributed by atoms with Crippen LogP contribution in [0.2, 0.25) is 0 Å². The van der Waals surface area contributed by atoms with E-state index in [9.17, 15) is 4.79 Å². The summed E-state index contributed by atoms with van der Waals surface area (Å²) in [7, 11) is 2.37. The van der Waals surface area contributed by atoms with Gasteiger partial charge in [-0.25, -0.2) is 4.98 Å². The SMILES string of the molecule is Cc1ccc(-n2c(SCC[N+]3(C)CCCCC3)nc3sc(C)c(C)c3c2=O)cc1.[I-]. The zero-order chi connectivity index (χ0) is 20.6. The monoisotopic (exact) mass is 555 g/mol. The average molecular weight is 556 g/mol. The summed E-state index contributed by atoms with van der Waals surface area (Å²) < 4.78 is 2.96. The van der Waals surface area contributed by atoms with Crippen molar-refractivity contribution in [2.45, 2.75) is 45.2 Å². The van der Waals surface area contributed by atoms with Gasteiger partial charge in [0.25, 0.3) is 5.56 Å². The maximum absolute atomic E-state index is 13.5. The van der Waals surface area contributed by atoms with Gasteiger partial charge in [0, 0.05) is 4.88 Å². The summed E-state index contributed by atoms with van der Waals surface area (Å²) in [6.45, 7) is 9.83. The number of rotatable bonds is 5. The molecule has 0 atom stereocenters. The van der Waals surface area contributed by atoms with Gasteiger partial charge in [-0.15, -0.1) is 11.3 Å². The van der Waals surface area contributed by atoms with Crippen molar-refractivity contribution < 1.29 is 28.5 Å². The molecule has 0 radical (unpaired) electrons. The lowest BCUT2D eigenvalue weighted by atomic mass is 10.1. The van der Waals surface area contributed by atoms with E-state index in [1.807, 2.05) is 23.6 Å². The summed E-state index contributed by atoms with van der Waals surface area (Å²) >= 11 is 3.36. The van der Waals surface area contributed by atoms with Crippen molar-refractivity contribution in [1.82, 2.24) is 9.55 Å². The number of halogens is 1. The molecule has 3 heterocycles. The molecule has 3 aromatic rings. The molecular weight excluding hydrogens is 525 g/mol. The van der Waals surface area contributed by atoms with Crippen molar-refractivity contribution in [2.75, 3.05) is 32.4 Å². The van der Waals surface area contributed by atoms with Gasteiger partial charge in [0.05, 0.1) is 43.5 Å². The topological polar surface area (TPSA) is 34.9 Å². The lowest BCUT2D eigenvalue weighted by Crippen LogP contribution is -3.00. The third-order valence-electron chi connectivity index (χ3n) is 6.22. The molecule has 0 bridgehead atoms. The number of nitrogens with zero attached hydrogens (tertiary/aromatic N) is 3. The molecule has 1 aliphatic heterocycles. The van der Waals surface area contributed by atoms with E-state index in [-0.39, 0.29) is 29.5 Å². The molecule has 0 unspecified atom stereocenters. The van der Waals surface area contributed by atoms with E-state index in [4.69, 9.17) is 4.98 Å². The Bertz CT molecular complexity index is 1080. The zero-order valence-electron chi connectivity index (χ0n) is 18.2. The third kappa shape index (κ3) is 4.79. The fourth-order valence-electron chi connectivity index (χ4n) is 4.15. The number of thiophene rings is 1. The lowest BCUT2D eigenvalue weighted by molar-refractivity contribution is -0.911. The van der Waals surface area contributed by atoms with Crippen LogP contribution in [0.5, 0.6) is 0 Å². The van der Waals surface area contributed by atoms with Crippen LogP contribution < -0.4 is 29.5 Å². The minimum absolute atomic E-state index is 0. The minimum Gasteiger partial charge on any atom is -1.00 e. The van der Waals surface area contributed by atoms with Crippen LogP contribution in [0.1, 0.15) is 35.3 Å². The van der Waals surface area contributed by atoms with Gasteiger partial charge in [-0.05, 0) is 57.7 Å². The number of thioether (sulfide) groups is 1. The van der Waals surface area contributed by atoms with Crippen molar-refractivity contribution in [3.05, 3.63) is 50.6 Å². The Labute approximate surface area is 204 Å². The van der Waals surface area contributed by atoms with Gasteiger partial charge in [-0.2, -0.15) is 0 Å². The van der Waals surface area contributed by atoms with E-state index in [1.54, 1.807) is 23.1 Å². The molecule has 0 amide bonds. The number of benzene rings is 1. The highest BCUT2D eigenvalue weighted by Gasteiger charge is 2.25. The largest absolute Gasteiger partial charge is 1.00 e. The molecule has 1 saturated heterocycles. The van der Waals surface area contributed by atoms with Gasteiger partial charge < -0.3 is 28.5 Å². The lowest BCUT2D eigenvalue weighted by Gasteiger charge is -2.37. The van der Waals surface area contributed by atoms with Crippen LogP contribution in [-0.4, -0.2) is 46.5 Å². The molecule has 0 N–H and O–H groups in total. The fraction of sp³-hybridized carbons (Fsp3) is 0.478. The Morgan fingerprint density at radius 1 is 1.10 bits per heavy atom. The molecule has 30 heavy (non-hydrogen) atoms. The Kier molecular flexibility index (Phi) is 7.69. The molecule has 1 aromatic carbocycles. The number of piperidine rings is 1. The normalized spacial score (nSPS) is 15.9. The Morgan fingerprint density at radius 2 is 1.77 bits per heavy atom. The summed E-state index contributed by atoms with van der Waals surface area (Å²) in [5, 5.41) is 1.59. The zero-order valence-corrected chi connectivity index (χ0v) is 22.0. The number of hydrogen-bond acceptors (Lipinski definition) is 4. The van der Waals surface area contributed by atoms with Crippen LogP contribution >= 0.6 is 23.1 Å². The van der Waals surface area contributed by atoms with Crippen LogP contribution in [0.4, 0.5) is 0 Å². The molecule has 0 saturated carbocycles.